The van der Waals surface area contributed by atoms with Gasteiger partial charge in [-0.15, -0.1) is 0 Å². The van der Waals surface area contributed by atoms with Crippen molar-refractivity contribution in [2.45, 2.75) is 39.5 Å². The summed E-state index contributed by atoms with van der Waals surface area (Å²) in [6.45, 7) is 7.93. The van der Waals surface area contributed by atoms with Crippen molar-refractivity contribution in [3.8, 4) is 5.75 Å². The molecule has 2 N–H and O–H groups in total. The molecule has 1 aromatic rings. The molecule has 5 heteroatoms. The molecular formula is C15H24ClNO3. The number of aliphatic hydroxyl groups excluding tert-OH is 1. The Labute approximate surface area is 126 Å². The Morgan fingerprint density at radius 2 is 2.05 bits per heavy atom. The van der Waals surface area contributed by atoms with E-state index in [4.69, 9.17) is 21.1 Å². The summed E-state index contributed by atoms with van der Waals surface area (Å²) < 4.78 is 11.0. The third-order valence-corrected chi connectivity index (χ3v) is 2.88. The quantitative estimate of drug-likeness (QED) is 0.736. The molecule has 1 unspecified atom stereocenters. The third-order valence-electron chi connectivity index (χ3n) is 2.64. The maximum absolute atomic E-state index is 9.79. The van der Waals surface area contributed by atoms with Gasteiger partial charge in [0.05, 0.1) is 12.7 Å². The summed E-state index contributed by atoms with van der Waals surface area (Å²) in [6.07, 6.45) is -0.537. The molecule has 0 bridgehead atoms. The molecule has 0 saturated carbocycles. The van der Waals surface area contributed by atoms with Crippen LogP contribution in [0.15, 0.2) is 18.2 Å². The van der Waals surface area contributed by atoms with E-state index in [2.05, 4.69) is 5.32 Å². The monoisotopic (exact) mass is 301 g/mol. The van der Waals surface area contributed by atoms with Gasteiger partial charge in [0.1, 0.15) is 18.5 Å². The minimum Gasteiger partial charge on any atom is -0.490 e. The fourth-order valence-corrected chi connectivity index (χ4v) is 1.82. The van der Waals surface area contributed by atoms with Gasteiger partial charge < -0.3 is 19.9 Å². The van der Waals surface area contributed by atoms with Crippen molar-refractivity contribution >= 4 is 11.6 Å². The number of aliphatic hydroxyl groups is 1. The molecule has 20 heavy (non-hydrogen) atoms. The highest BCUT2D eigenvalue weighted by molar-refractivity contribution is 6.30. The minimum absolute atomic E-state index is 0.101. The van der Waals surface area contributed by atoms with Gasteiger partial charge in [0.25, 0.3) is 0 Å². The molecule has 0 saturated heterocycles. The number of hydrogen-bond donors (Lipinski definition) is 2. The normalized spacial score (nSPS) is 12.7. The molecule has 0 aliphatic carbocycles. The van der Waals surface area contributed by atoms with E-state index in [-0.39, 0.29) is 19.3 Å². The van der Waals surface area contributed by atoms with Gasteiger partial charge in [0.2, 0.25) is 0 Å². The Morgan fingerprint density at radius 3 is 2.70 bits per heavy atom. The van der Waals surface area contributed by atoms with E-state index in [0.717, 1.165) is 17.9 Å². The predicted molar refractivity (Wildman–Crippen MR) is 81.4 cm³/mol. The summed E-state index contributed by atoms with van der Waals surface area (Å²) in [5.41, 5.74) is 0.983. The number of nitrogens with one attached hydrogen (secondary N) is 1. The van der Waals surface area contributed by atoms with Gasteiger partial charge in [-0.1, -0.05) is 18.5 Å². The van der Waals surface area contributed by atoms with Crippen LogP contribution >= 0.6 is 11.6 Å². The lowest BCUT2D eigenvalue weighted by Crippen LogP contribution is -2.25. The van der Waals surface area contributed by atoms with E-state index in [1.165, 1.54) is 0 Å². The van der Waals surface area contributed by atoms with Crippen LogP contribution < -0.4 is 10.1 Å². The third kappa shape index (κ3) is 6.57. The minimum atomic E-state index is -0.639. The molecule has 0 radical (unpaired) electrons. The molecule has 1 aromatic carbocycles. The number of rotatable bonds is 9. The van der Waals surface area contributed by atoms with Crippen LogP contribution in [0.4, 0.5) is 0 Å². The highest BCUT2D eigenvalue weighted by atomic mass is 35.5. The van der Waals surface area contributed by atoms with Gasteiger partial charge in [-0.25, -0.2) is 0 Å². The molecular weight excluding hydrogens is 278 g/mol. The number of ether oxygens (including phenoxy) is 2. The Balaban J connectivity index is 2.53. The molecule has 1 atom stereocenters. The molecule has 4 nitrogen and oxygen atoms in total. The fourth-order valence-electron chi connectivity index (χ4n) is 1.62. The van der Waals surface area contributed by atoms with Crippen LogP contribution in [0.5, 0.6) is 5.75 Å². The van der Waals surface area contributed by atoms with Crippen molar-refractivity contribution in [1.29, 1.82) is 0 Å². The number of hydrogen-bond acceptors (Lipinski definition) is 4. The molecule has 114 valence electrons. The Kier molecular flexibility index (Phi) is 7.92. The van der Waals surface area contributed by atoms with Crippen LogP contribution in [0.2, 0.25) is 5.02 Å². The summed E-state index contributed by atoms with van der Waals surface area (Å²) in [4.78, 5) is 0. The van der Waals surface area contributed by atoms with Gasteiger partial charge in [0, 0.05) is 17.1 Å². The van der Waals surface area contributed by atoms with E-state index in [9.17, 15) is 5.11 Å². The highest BCUT2D eigenvalue weighted by Gasteiger charge is 2.09. The van der Waals surface area contributed by atoms with Crippen LogP contribution in [-0.2, 0) is 11.3 Å². The maximum Gasteiger partial charge on any atom is 0.124 e. The largest absolute Gasteiger partial charge is 0.490 e. The smallest absolute Gasteiger partial charge is 0.124 e. The lowest BCUT2D eigenvalue weighted by atomic mass is 10.2. The van der Waals surface area contributed by atoms with E-state index in [1.54, 1.807) is 6.07 Å². The SMILES string of the molecule is CCNCc1cc(Cl)ccc1OCC(O)COC(C)C. The maximum atomic E-state index is 9.79. The van der Waals surface area contributed by atoms with Crippen LogP contribution in [0, 0.1) is 0 Å². The highest BCUT2D eigenvalue weighted by Crippen LogP contribution is 2.23. The molecule has 0 fully saturated rings. The second-order valence-corrected chi connectivity index (χ2v) is 5.32. The second-order valence-electron chi connectivity index (χ2n) is 4.88. The van der Waals surface area contributed by atoms with Gasteiger partial charge in [0.15, 0.2) is 0 Å². The van der Waals surface area contributed by atoms with E-state index in [1.807, 2.05) is 32.9 Å². The predicted octanol–water partition coefficient (Wildman–Crippen LogP) is 2.61. The number of benzene rings is 1. The Hall–Kier alpha value is -0.810. The van der Waals surface area contributed by atoms with Crippen molar-refractivity contribution in [1.82, 2.24) is 5.32 Å². The molecule has 1 rings (SSSR count). The summed E-state index contributed by atoms with van der Waals surface area (Å²) in [5, 5.41) is 13.7. The zero-order chi connectivity index (χ0) is 15.0. The standard InChI is InChI=1S/C15H24ClNO3/c1-4-17-8-12-7-13(16)5-6-15(12)20-10-14(18)9-19-11(2)3/h5-7,11,14,17-18H,4,8-10H2,1-3H3. The van der Waals surface area contributed by atoms with Crippen LogP contribution in [-0.4, -0.2) is 37.1 Å². The molecule has 0 amide bonds. The first kappa shape index (κ1) is 17.2. The van der Waals surface area contributed by atoms with Crippen molar-refractivity contribution in [3.63, 3.8) is 0 Å². The average Bonchev–Trinajstić information content (AvgIpc) is 2.41. The van der Waals surface area contributed by atoms with Crippen LogP contribution in [0.1, 0.15) is 26.3 Å². The van der Waals surface area contributed by atoms with E-state index < -0.39 is 6.10 Å². The fraction of sp³-hybridized carbons (Fsp3) is 0.600. The summed E-state index contributed by atoms with van der Waals surface area (Å²) >= 11 is 5.99. The molecule has 0 aliphatic rings. The van der Waals surface area contributed by atoms with Crippen LogP contribution in [0.25, 0.3) is 0 Å². The Bertz CT molecular complexity index is 399. The van der Waals surface area contributed by atoms with Crippen molar-refractivity contribution in [2.75, 3.05) is 19.8 Å². The second kappa shape index (κ2) is 9.19. The van der Waals surface area contributed by atoms with E-state index in [0.29, 0.717) is 11.6 Å². The first-order chi connectivity index (χ1) is 9.52. The Morgan fingerprint density at radius 1 is 1.30 bits per heavy atom. The van der Waals surface area contributed by atoms with Crippen LogP contribution in [0.3, 0.4) is 0 Å². The van der Waals surface area contributed by atoms with Crippen molar-refractivity contribution in [3.05, 3.63) is 28.8 Å². The first-order valence-corrected chi connectivity index (χ1v) is 7.32. The topological polar surface area (TPSA) is 50.7 Å². The first-order valence-electron chi connectivity index (χ1n) is 6.94. The zero-order valence-electron chi connectivity index (χ0n) is 12.4. The average molecular weight is 302 g/mol. The summed E-state index contributed by atoms with van der Waals surface area (Å²) in [5.74, 6) is 0.735. The molecule has 0 aromatic heterocycles. The molecule has 0 spiro atoms. The summed E-state index contributed by atoms with van der Waals surface area (Å²) in [7, 11) is 0. The van der Waals surface area contributed by atoms with Gasteiger partial charge in [-0.05, 0) is 38.6 Å². The zero-order valence-corrected chi connectivity index (χ0v) is 13.1. The molecule has 0 aliphatic heterocycles. The lowest BCUT2D eigenvalue weighted by molar-refractivity contribution is -0.0124. The number of halogens is 1. The van der Waals surface area contributed by atoms with E-state index >= 15 is 0 Å². The van der Waals surface area contributed by atoms with Gasteiger partial charge in [-0.3, -0.25) is 0 Å². The van der Waals surface area contributed by atoms with Crippen molar-refractivity contribution < 1.29 is 14.6 Å². The van der Waals surface area contributed by atoms with Gasteiger partial charge >= 0.3 is 0 Å². The summed E-state index contributed by atoms with van der Waals surface area (Å²) in [6, 6.07) is 5.48. The van der Waals surface area contributed by atoms with Crippen molar-refractivity contribution in [2.24, 2.45) is 0 Å². The molecule has 0 heterocycles. The van der Waals surface area contributed by atoms with Gasteiger partial charge in [-0.2, -0.15) is 0 Å². The lowest BCUT2D eigenvalue weighted by Gasteiger charge is -2.16.